The number of benzene rings is 2. The molecule has 8 heteroatoms. The highest BCUT2D eigenvalue weighted by atomic mass is 16.5. The van der Waals surface area contributed by atoms with Gasteiger partial charge >= 0.3 is 0 Å². The van der Waals surface area contributed by atoms with Crippen molar-refractivity contribution >= 4 is 5.91 Å². The molecule has 0 spiro atoms. The van der Waals surface area contributed by atoms with Crippen LogP contribution in [0.15, 0.2) is 30.3 Å². The first-order valence-corrected chi connectivity index (χ1v) is 10.4. The Labute approximate surface area is 183 Å². The molecular weight excluding hydrogens is 398 g/mol. The maximum atomic E-state index is 13.4. The molecule has 1 atom stereocenters. The van der Waals surface area contributed by atoms with Gasteiger partial charge in [-0.2, -0.15) is 0 Å². The molecule has 1 saturated heterocycles. The van der Waals surface area contributed by atoms with Crippen LogP contribution in [0.1, 0.15) is 22.8 Å². The van der Waals surface area contributed by atoms with Gasteiger partial charge in [-0.1, -0.05) is 12.1 Å². The van der Waals surface area contributed by atoms with Crippen LogP contribution < -0.4 is 30.0 Å². The SMILES string of the molecule is COc1c(Oc2ccc(CCN)cc2)cc(C(=O)N2CCNC[C@H]2C)c(OC)c1OC. The number of piperazine rings is 1. The molecule has 3 N–H and O–H groups in total. The summed E-state index contributed by atoms with van der Waals surface area (Å²) in [5.41, 5.74) is 7.11. The molecule has 2 aromatic carbocycles. The lowest BCUT2D eigenvalue weighted by Crippen LogP contribution is -2.52. The maximum Gasteiger partial charge on any atom is 0.258 e. The van der Waals surface area contributed by atoms with Crippen molar-refractivity contribution in [3.05, 3.63) is 41.5 Å². The Morgan fingerprint density at radius 1 is 1.10 bits per heavy atom. The van der Waals surface area contributed by atoms with Crippen molar-refractivity contribution in [2.45, 2.75) is 19.4 Å². The molecule has 0 aliphatic carbocycles. The third-order valence-corrected chi connectivity index (χ3v) is 5.35. The quantitative estimate of drug-likeness (QED) is 0.665. The van der Waals surface area contributed by atoms with Crippen LogP contribution in [-0.4, -0.2) is 64.4 Å². The van der Waals surface area contributed by atoms with E-state index < -0.39 is 0 Å². The zero-order valence-corrected chi connectivity index (χ0v) is 18.6. The molecule has 31 heavy (non-hydrogen) atoms. The molecule has 0 saturated carbocycles. The third-order valence-electron chi connectivity index (χ3n) is 5.35. The summed E-state index contributed by atoms with van der Waals surface area (Å²) in [7, 11) is 4.54. The van der Waals surface area contributed by atoms with Crippen molar-refractivity contribution < 1.29 is 23.7 Å². The van der Waals surface area contributed by atoms with Crippen LogP contribution in [-0.2, 0) is 6.42 Å². The van der Waals surface area contributed by atoms with Gasteiger partial charge < -0.3 is 34.9 Å². The molecule has 1 amide bonds. The minimum Gasteiger partial charge on any atom is -0.492 e. The predicted octanol–water partition coefficient (Wildman–Crippen LogP) is 2.44. The van der Waals surface area contributed by atoms with Gasteiger partial charge in [-0.05, 0) is 37.6 Å². The standard InChI is InChI=1S/C23H31N3O5/c1-15-14-25-11-12-26(15)23(27)18-13-19(21(29-3)22(30-4)20(18)28-2)31-17-7-5-16(6-8-17)9-10-24/h5-8,13,15,25H,9-12,14,24H2,1-4H3/t15-/m1/s1. The van der Waals surface area contributed by atoms with E-state index in [1.807, 2.05) is 36.1 Å². The van der Waals surface area contributed by atoms with E-state index in [1.54, 1.807) is 6.07 Å². The molecule has 0 unspecified atom stereocenters. The van der Waals surface area contributed by atoms with E-state index in [0.29, 0.717) is 47.4 Å². The monoisotopic (exact) mass is 429 g/mol. The van der Waals surface area contributed by atoms with Gasteiger partial charge in [-0.25, -0.2) is 0 Å². The van der Waals surface area contributed by atoms with Crippen molar-refractivity contribution in [1.29, 1.82) is 0 Å². The zero-order chi connectivity index (χ0) is 22.4. The van der Waals surface area contributed by atoms with Crippen molar-refractivity contribution in [2.75, 3.05) is 47.5 Å². The Bertz CT molecular complexity index is 901. The van der Waals surface area contributed by atoms with Gasteiger partial charge in [0.05, 0.1) is 26.9 Å². The van der Waals surface area contributed by atoms with E-state index in [2.05, 4.69) is 5.32 Å². The number of amides is 1. The van der Waals surface area contributed by atoms with E-state index in [-0.39, 0.29) is 11.9 Å². The van der Waals surface area contributed by atoms with Crippen molar-refractivity contribution in [3.8, 4) is 28.7 Å². The molecule has 1 fully saturated rings. The molecule has 0 aromatic heterocycles. The first-order valence-electron chi connectivity index (χ1n) is 10.4. The molecule has 0 radical (unpaired) electrons. The number of nitrogens with zero attached hydrogens (tertiary/aromatic N) is 1. The smallest absolute Gasteiger partial charge is 0.258 e. The highest BCUT2D eigenvalue weighted by Gasteiger charge is 2.31. The Balaban J connectivity index is 2.03. The van der Waals surface area contributed by atoms with Crippen LogP contribution in [0.5, 0.6) is 28.7 Å². The van der Waals surface area contributed by atoms with Crippen LogP contribution in [0, 0.1) is 0 Å². The summed E-state index contributed by atoms with van der Waals surface area (Å²) in [6.45, 7) is 4.68. The molecule has 1 aliphatic rings. The second-order valence-electron chi connectivity index (χ2n) is 7.36. The number of rotatable bonds is 8. The molecule has 1 aliphatic heterocycles. The lowest BCUT2D eigenvalue weighted by molar-refractivity contribution is 0.0651. The van der Waals surface area contributed by atoms with Gasteiger partial charge in [0.2, 0.25) is 11.5 Å². The Morgan fingerprint density at radius 2 is 1.77 bits per heavy atom. The lowest BCUT2D eigenvalue weighted by atomic mass is 10.1. The summed E-state index contributed by atoms with van der Waals surface area (Å²) < 4.78 is 22.8. The topological polar surface area (TPSA) is 95.3 Å². The second kappa shape index (κ2) is 10.4. The largest absolute Gasteiger partial charge is 0.492 e. The number of nitrogens with two attached hydrogens (primary N) is 1. The molecule has 3 rings (SSSR count). The van der Waals surface area contributed by atoms with Crippen LogP contribution in [0.4, 0.5) is 0 Å². The van der Waals surface area contributed by atoms with Gasteiger partial charge in [0.25, 0.3) is 5.91 Å². The average Bonchev–Trinajstić information content (AvgIpc) is 2.79. The molecule has 168 valence electrons. The number of carbonyl (C=O) groups is 1. The van der Waals surface area contributed by atoms with E-state index in [1.165, 1.54) is 21.3 Å². The van der Waals surface area contributed by atoms with Gasteiger partial charge in [0, 0.05) is 31.7 Å². The van der Waals surface area contributed by atoms with E-state index >= 15 is 0 Å². The minimum atomic E-state index is -0.144. The summed E-state index contributed by atoms with van der Waals surface area (Å²) in [5, 5.41) is 3.30. The van der Waals surface area contributed by atoms with E-state index in [0.717, 1.165) is 25.1 Å². The number of hydrogen-bond acceptors (Lipinski definition) is 7. The second-order valence-corrected chi connectivity index (χ2v) is 7.36. The predicted molar refractivity (Wildman–Crippen MR) is 119 cm³/mol. The Hall–Kier alpha value is -2.97. The fourth-order valence-corrected chi connectivity index (χ4v) is 3.73. The zero-order valence-electron chi connectivity index (χ0n) is 18.6. The van der Waals surface area contributed by atoms with Crippen LogP contribution in [0.25, 0.3) is 0 Å². The highest BCUT2D eigenvalue weighted by molar-refractivity contribution is 5.99. The van der Waals surface area contributed by atoms with Gasteiger partial charge in [-0.15, -0.1) is 0 Å². The normalized spacial score (nSPS) is 16.0. The van der Waals surface area contributed by atoms with Crippen LogP contribution >= 0.6 is 0 Å². The fraction of sp³-hybridized carbons (Fsp3) is 0.435. The summed E-state index contributed by atoms with van der Waals surface area (Å²) >= 11 is 0. The lowest BCUT2D eigenvalue weighted by Gasteiger charge is -2.34. The number of ether oxygens (including phenoxy) is 4. The molecule has 2 aromatic rings. The van der Waals surface area contributed by atoms with Gasteiger partial charge in [0.15, 0.2) is 11.5 Å². The number of methoxy groups -OCH3 is 3. The van der Waals surface area contributed by atoms with E-state index in [9.17, 15) is 4.79 Å². The van der Waals surface area contributed by atoms with Crippen molar-refractivity contribution in [2.24, 2.45) is 5.73 Å². The van der Waals surface area contributed by atoms with Crippen LogP contribution in [0.2, 0.25) is 0 Å². The first-order chi connectivity index (χ1) is 15.0. The highest BCUT2D eigenvalue weighted by Crippen LogP contribution is 2.48. The fourth-order valence-electron chi connectivity index (χ4n) is 3.73. The Kier molecular flexibility index (Phi) is 7.59. The van der Waals surface area contributed by atoms with E-state index in [4.69, 9.17) is 24.7 Å². The number of nitrogens with one attached hydrogen (secondary N) is 1. The summed E-state index contributed by atoms with van der Waals surface area (Å²) in [4.78, 5) is 15.3. The van der Waals surface area contributed by atoms with Crippen molar-refractivity contribution in [3.63, 3.8) is 0 Å². The third kappa shape index (κ3) is 4.86. The number of hydrogen-bond donors (Lipinski definition) is 2. The van der Waals surface area contributed by atoms with Gasteiger partial charge in [-0.3, -0.25) is 4.79 Å². The maximum absolute atomic E-state index is 13.4. The van der Waals surface area contributed by atoms with Crippen LogP contribution in [0.3, 0.4) is 0 Å². The summed E-state index contributed by atoms with van der Waals surface area (Å²) in [6, 6.07) is 9.36. The van der Waals surface area contributed by atoms with Crippen molar-refractivity contribution in [1.82, 2.24) is 10.2 Å². The molecular formula is C23H31N3O5. The molecule has 0 bridgehead atoms. The number of carbonyl (C=O) groups excluding carboxylic acids is 1. The molecule has 1 heterocycles. The first kappa shape index (κ1) is 22.7. The minimum absolute atomic E-state index is 0.0542. The summed E-state index contributed by atoms with van der Waals surface area (Å²) in [5.74, 6) is 1.83. The Morgan fingerprint density at radius 3 is 2.35 bits per heavy atom. The average molecular weight is 430 g/mol. The summed E-state index contributed by atoms with van der Waals surface area (Å²) in [6.07, 6.45) is 0.793. The van der Waals surface area contributed by atoms with Gasteiger partial charge in [0.1, 0.15) is 5.75 Å². The molecule has 8 nitrogen and oxygen atoms in total.